The van der Waals surface area contributed by atoms with Crippen molar-refractivity contribution in [2.75, 3.05) is 19.6 Å². The number of sulfonamides is 1. The second kappa shape index (κ2) is 6.73. The molecular formula is C16H24N2O2S. The summed E-state index contributed by atoms with van der Waals surface area (Å²) in [7, 11) is -3.39. The molecule has 0 unspecified atom stereocenters. The highest BCUT2D eigenvalue weighted by atomic mass is 32.2. The largest absolute Gasteiger partial charge is 0.313 e. The summed E-state index contributed by atoms with van der Waals surface area (Å²) in [5.41, 5.74) is 3.42. The van der Waals surface area contributed by atoms with Crippen LogP contribution in [0.1, 0.15) is 31.4 Å². The second-order valence-electron chi connectivity index (χ2n) is 5.53. The van der Waals surface area contributed by atoms with Crippen LogP contribution >= 0.6 is 0 Å². The molecule has 1 aliphatic rings. The minimum atomic E-state index is -3.39. The summed E-state index contributed by atoms with van der Waals surface area (Å²) >= 11 is 0. The monoisotopic (exact) mass is 308 g/mol. The van der Waals surface area contributed by atoms with E-state index in [9.17, 15) is 8.42 Å². The van der Waals surface area contributed by atoms with Crippen molar-refractivity contribution in [1.82, 2.24) is 9.62 Å². The molecule has 0 amide bonds. The average molecular weight is 308 g/mol. The summed E-state index contributed by atoms with van der Waals surface area (Å²) in [6.07, 6.45) is 2.81. The number of nitrogens with one attached hydrogen (secondary N) is 1. The Balaban J connectivity index is 2.28. The van der Waals surface area contributed by atoms with Gasteiger partial charge in [-0.1, -0.05) is 24.6 Å². The van der Waals surface area contributed by atoms with E-state index < -0.39 is 10.0 Å². The molecule has 116 valence electrons. The molecule has 0 saturated heterocycles. The predicted octanol–water partition coefficient (Wildman–Crippen LogP) is 2.45. The molecule has 2 rings (SSSR count). The molecule has 4 nitrogen and oxygen atoms in total. The van der Waals surface area contributed by atoms with E-state index in [2.05, 4.69) is 5.32 Å². The van der Waals surface area contributed by atoms with Crippen molar-refractivity contribution in [3.8, 4) is 0 Å². The van der Waals surface area contributed by atoms with Gasteiger partial charge in [-0.3, -0.25) is 0 Å². The Morgan fingerprint density at radius 1 is 1.29 bits per heavy atom. The first kappa shape index (κ1) is 16.2. The second-order valence-corrected chi connectivity index (χ2v) is 7.47. The third-order valence-corrected chi connectivity index (χ3v) is 5.78. The maximum absolute atomic E-state index is 12.7. The zero-order chi connectivity index (χ0) is 15.5. The molecule has 1 aliphatic heterocycles. The van der Waals surface area contributed by atoms with E-state index in [1.54, 1.807) is 16.4 Å². The zero-order valence-corrected chi connectivity index (χ0v) is 13.8. The van der Waals surface area contributed by atoms with Gasteiger partial charge in [-0.2, -0.15) is 4.31 Å². The number of hydrogen-bond donors (Lipinski definition) is 1. The van der Waals surface area contributed by atoms with E-state index in [1.165, 1.54) is 5.57 Å². The van der Waals surface area contributed by atoms with Crippen LogP contribution in [0, 0.1) is 6.92 Å². The van der Waals surface area contributed by atoms with Crippen molar-refractivity contribution in [3.63, 3.8) is 0 Å². The first-order chi connectivity index (χ1) is 9.95. The van der Waals surface area contributed by atoms with Gasteiger partial charge < -0.3 is 5.32 Å². The zero-order valence-electron chi connectivity index (χ0n) is 13.0. The molecule has 0 saturated carbocycles. The first-order valence-electron chi connectivity index (χ1n) is 7.41. The molecule has 1 aromatic carbocycles. The maximum Gasteiger partial charge on any atom is 0.243 e. The van der Waals surface area contributed by atoms with E-state index in [4.69, 9.17) is 0 Å². The van der Waals surface area contributed by atoms with Crippen molar-refractivity contribution in [2.45, 2.75) is 38.6 Å². The third-order valence-electron chi connectivity index (χ3n) is 3.92. The molecule has 1 heterocycles. The first-order valence-corrected chi connectivity index (χ1v) is 8.85. The summed E-state index contributed by atoms with van der Waals surface area (Å²) < 4.78 is 27.0. The van der Waals surface area contributed by atoms with E-state index >= 15 is 0 Å². The Bertz CT molecular complexity index is 636. The fourth-order valence-electron chi connectivity index (χ4n) is 2.38. The van der Waals surface area contributed by atoms with Crippen LogP contribution in [0.2, 0.25) is 0 Å². The quantitative estimate of drug-likeness (QED) is 0.850. The molecule has 0 aliphatic carbocycles. The SMILES string of the molecule is CCNCc1cc(S(=O)(=O)N2CC=C(C)CC2)ccc1C. The van der Waals surface area contributed by atoms with Crippen LogP contribution in [-0.4, -0.2) is 32.4 Å². The van der Waals surface area contributed by atoms with Gasteiger partial charge in [0.2, 0.25) is 10.0 Å². The Labute approximate surface area is 127 Å². The lowest BCUT2D eigenvalue weighted by molar-refractivity contribution is 0.431. The summed E-state index contributed by atoms with van der Waals surface area (Å²) in [4.78, 5) is 0.397. The lowest BCUT2D eigenvalue weighted by atomic mass is 10.1. The Kier molecular flexibility index (Phi) is 5.19. The van der Waals surface area contributed by atoms with Gasteiger partial charge in [0, 0.05) is 19.6 Å². The number of rotatable bonds is 5. The highest BCUT2D eigenvalue weighted by Gasteiger charge is 2.25. The van der Waals surface area contributed by atoms with Crippen molar-refractivity contribution in [3.05, 3.63) is 41.0 Å². The van der Waals surface area contributed by atoms with E-state index in [-0.39, 0.29) is 0 Å². The molecular weight excluding hydrogens is 284 g/mol. The summed E-state index contributed by atoms with van der Waals surface area (Å²) in [6.45, 7) is 8.71. The topological polar surface area (TPSA) is 49.4 Å². The number of aryl methyl sites for hydroxylation is 1. The average Bonchev–Trinajstić information content (AvgIpc) is 2.46. The molecule has 1 N–H and O–H groups in total. The molecule has 0 bridgehead atoms. The van der Waals surface area contributed by atoms with Crippen LogP contribution in [0.25, 0.3) is 0 Å². The van der Waals surface area contributed by atoms with E-state index in [1.807, 2.05) is 32.9 Å². The fourth-order valence-corrected chi connectivity index (χ4v) is 3.81. The number of hydrogen-bond acceptors (Lipinski definition) is 3. The highest BCUT2D eigenvalue weighted by Crippen LogP contribution is 2.22. The van der Waals surface area contributed by atoms with E-state index in [0.29, 0.717) is 24.5 Å². The van der Waals surface area contributed by atoms with Gasteiger partial charge in [-0.15, -0.1) is 0 Å². The fraction of sp³-hybridized carbons (Fsp3) is 0.500. The lowest BCUT2D eigenvalue weighted by Gasteiger charge is -2.25. The molecule has 0 fully saturated rings. The molecule has 0 spiro atoms. The highest BCUT2D eigenvalue weighted by molar-refractivity contribution is 7.89. The normalized spacial score (nSPS) is 16.8. The van der Waals surface area contributed by atoms with Gasteiger partial charge in [0.1, 0.15) is 0 Å². The molecule has 5 heteroatoms. The summed E-state index contributed by atoms with van der Waals surface area (Å²) in [5.74, 6) is 0. The molecule has 0 radical (unpaired) electrons. The summed E-state index contributed by atoms with van der Waals surface area (Å²) in [5, 5.41) is 3.25. The Hall–Kier alpha value is -1.17. The van der Waals surface area contributed by atoms with Crippen LogP contribution in [-0.2, 0) is 16.6 Å². The van der Waals surface area contributed by atoms with Gasteiger partial charge in [0.25, 0.3) is 0 Å². The van der Waals surface area contributed by atoms with Gasteiger partial charge >= 0.3 is 0 Å². The smallest absolute Gasteiger partial charge is 0.243 e. The standard InChI is InChI=1S/C16H24N2O2S/c1-4-17-12-15-11-16(6-5-14(15)3)21(19,20)18-9-7-13(2)8-10-18/h5-7,11,17H,4,8-10,12H2,1-3H3. The molecule has 21 heavy (non-hydrogen) atoms. The van der Waals surface area contributed by atoms with Crippen LogP contribution in [0.5, 0.6) is 0 Å². The van der Waals surface area contributed by atoms with Gasteiger partial charge in [0.15, 0.2) is 0 Å². The van der Waals surface area contributed by atoms with Crippen molar-refractivity contribution in [2.24, 2.45) is 0 Å². The Morgan fingerprint density at radius 2 is 2.05 bits per heavy atom. The van der Waals surface area contributed by atoms with Crippen molar-refractivity contribution < 1.29 is 8.42 Å². The van der Waals surface area contributed by atoms with Crippen molar-refractivity contribution >= 4 is 10.0 Å². The van der Waals surface area contributed by atoms with Gasteiger partial charge in [-0.05, 0) is 50.1 Å². The van der Waals surface area contributed by atoms with Crippen LogP contribution in [0.4, 0.5) is 0 Å². The third kappa shape index (κ3) is 3.73. The van der Waals surface area contributed by atoms with Crippen molar-refractivity contribution in [1.29, 1.82) is 0 Å². The van der Waals surface area contributed by atoms with Gasteiger partial charge in [-0.25, -0.2) is 8.42 Å². The minimum Gasteiger partial charge on any atom is -0.313 e. The van der Waals surface area contributed by atoms with Crippen LogP contribution < -0.4 is 5.32 Å². The molecule has 1 aromatic rings. The molecule has 0 aromatic heterocycles. The van der Waals surface area contributed by atoms with Crippen LogP contribution in [0.3, 0.4) is 0 Å². The maximum atomic E-state index is 12.7. The minimum absolute atomic E-state index is 0.397. The van der Waals surface area contributed by atoms with Gasteiger partial charge in [0.05, 0.1) is 4.90 Å². The number of nitrogens with zero attached hydrogens (tertiary/aromatic N) is 1. The predicted molar refractivity (Wildman–Crippen MR) is 85.7 cm³/mol. The Morgan fingerprint density at radius 3 is 2.67 bits per heavy atom. The van der Waals surface area contributed by atoms with Crippen LogP contribution in [0.15, 0.2) is 34.7 Å². The van der Waals surface area contributed by atoms with E-state index in [0.717, 1.165) is 24.1 Å². The number of benzene rings is 1. The molecule has 0 atom stereocenters. The summed E-state index contributed by atoms with van der Waals surface area (Å²) in [6, 6.07) is 5.41. The lowest BCUT2D eigenvalue weighted by Crippen LogP contribution is -2.34.